The van der Waals surface area contributed by atoms with E-state index >= 15 is 0 Å². The standard InChI is InChI=1S/C18H28N4O5/c1-11(20)16(24)21-14(4-2-3-9-19)17(25)22-15(18(26)27)10-12-5-7-13(23)8-6-12/h5-8,11,14-15,23H,2-4,9-10,19-20H2,1H3,(H,21,24)(H,22,25)(H,26,27)/t11-,14-,15-/m0/s1. The second-order valence-electron chi connectivity index (χ2n) is 6.40. The number of unbranched alkanes of at least 4 members (excludes halogenated alkanes) is 1. The number of amides is 2. The zero-order chi connectivity index (χ0) is 20.4. The summed E-state index contributed by atoms with van der Waals surface area (Å²) in [5, 5.41) is 23.7. The monoisotopic (exact) mass is 380 g/mol. The normalized spacial score (nSPS) is 14.0. The van der Waals surface area contributed by atoms with Crippen molar-refractivity contribution in [3.63, 3.8) is 0 Å². The van der Waals surface area contributed by atoms with Crippen LogP contribution in [0.5, 0.6) is 5.75 Å². The maximum absolute atomic E-state index is 12.6. The molecule has 3 atom stereocenters. The summed E-state index contributed by atoms with van der Waals surface area (Å²) in [6.45, 7) is 1.95. The Labute approximate surface area is 158 Å². The Kier molecular flexibility index (Phi) is 9.24. The summed E-state index contributed by atoms with van der Waals surface area (Å²) in [6, 6.07) is 3.18. The van der Waals surface area contributed by atoms with E-state index in [-0.39, 0.29) is 12.2 Å². The number of phenolic OH excluding ortho intramolecular Hbond substituents is 1. The third kappa shape index (κ3) is 8.06. The van der Waals surface area contributed by atoms with Gasteiger partial charge in [0.1, 0.15) is 17.8 Å². The second-order valence-corrected chi connectivity index (χ2v) is 6.40. The van der Waals surface area contributed by atoms with Crippen molar-refractivity contribution in [3.05, 3.63) is 29.8 Å². The fourth-order valence-electron chi connectivity index (χ4n) is 2.40. The van der Waals surface area contributed by atoms with Gasteiger partial charge in [-0.25, -0.2) is 4.79 Å². The lowest BCUT2D eigenvalue weighted by molar-refractivity contribution is -0.142. The van der Waals surface area contributed by atoms with Gasteiger partial charge in [0, 0.05) is 6.42 Å². The van der Waals surface area contributed by atoms with Crippen LogP contribution in [0.4, 0.5) is 0 Å². The first-order chi connectivity index (χ1) is 12.7. The van der Waals surface area contributed by atoms with Crippen molar-refractivity contribution in [3.8, 4) is 5.75 Å². The summed E-state index contributed by atoms with van der Waals surface area (Å²) in [7, 11) is 0. The molecule has 0 aromatic heterocycles. The van der Waals surface area contributed by atoms with E-state index in [1.165, 1.54) is 19.1 Å². The molecule has 0 bridgehead atoms. The first-order valence-corrected chi connectivity index (χ1v) is 8.81. The van der Waals surface area contributed by atoms with Gasteiger partial charge in [-0.3, -0.25) is 9.59 Å². The second kappa shape index (κ2) is 11.1. The molecule has 9 heteroatoms. The molecule has 0 saturated carbocycles. The molecule has 0 radical (unpaired) electrons. The van der Waals surface area contributed by atoms with Gasteiger partial charge in [-0.1, -0.05) is 12.1 Å². The predicted molar refractivity (Wildman–Crippen MR) is 99.9 cm³/mol. The number of nitrogens with one attached hydrogen (secondary N) is 2. The summed E-state index contributed by atoms with van der Waals surface area (Å²) in [5.41, 5.74) is 11.6. The Balaban J connectivity index is 2.81. The van der Waals surface area contributed by atoms with Gasteiger partial charge in [0.2, 0.25) is 11.8 Å². The van der Waals surface area contributed by atoms with Gasteiger partial charge in [0.15, 0.2) is 0 Å². The highest BCUT2D eigenvalue weighted by Gasteiger charge is 2.27. The van der Waals surface area contributed by atoms with Crippen LogP contribution >= 0.6 is 0 Å². The average Bonchev–Trinajstić information content (AvgIpc) is 2.61. The number of aromatic hydroxyl groups is 1. The number of hydrogen-bond donors (Lipinski definition) is 6. The van der Waals surface area contributed by atoms with E-state index in [2.05, 4.69) is 10.6 Å². The zero-order valence-electron chi connectivity index (χ0n) is 15.4. The van der Waals surface area contributed by atoms with Crippen LogP contribution in [-0.2, 0) is 20.8 Å². The van der Waals surface area contributed by atoms with Crippen LogP contribution < -0.4 is 22.1 Å². The first-order valence-electron chi connectivity index (χ1n) is 8.81. The Morgan fingerprint density at radius 2 is 1.63 bits per heavy atom. The number of phenols is 1. The van der Waals surface area contributed by atoms with Crippen molar-refractivity contribution < 1.29 is 24.6 Å². The fraction of sp³-hybridized carbons (Fsp3) is 0.500. The van der Waals surface area contributed by atoms with Gasteiger partial charge >= 0.3 is 5.97 Å². The number of aliphatic carboxylic acids is 1. The molecule has 0 aliphatic rings. The summed E-state index contributed by atoms with van der Waals surface area (Å²) in [5.74, 6) is -2.22. The van der Waals surface area contributed by atoms with E-state index in [4.69, 9.17) is 11.5 Å². The van der Waals surface area contributed by atoms with Crippen LogP contribution in [0.2, 0.25) is 0 Å². The average molecular weight is 380 g/mol. The summed E-state index contributed by atoms with van der Waals surface area (Å²) < 4.78 is 0. The molecular weight excluding hydrogens is 352 g/mol. The van der Waals surface area contributed by atoms with Crippen molar-refractivity contribution >= 4 is 17.8 Å². The lowest BCUT2D eigenvalue weighted by Crippen LogP contribution is -2.54. The summed E-state index contributed by atoms with van der Waals surface area (Å²) >= 11 is 0. The Morgan fingerprint density at radius 3 is 2.15 bits per heavy atom. The quantitative estimate of drug-likeness (QED) is 0.280. The van der Waals surface area contributed by atoms with Crippen molar-refractivity contribution in [2.75, 3.05) is 6.54 Å². The van der Waals surface area contributed by atoms with Gasteiger partial charge in [0.05, 0.1) is 6.04 Å². The van der Waals surface area contributed by atoms with Gasteiger partial charge < -0.3 is 32.3 Å². The number of carbonyl (C=O) groups is 3. The molecule has 0 spiro atoms. The lowest BCUT2D eigenvalue weighted by Gasteiger charge is -2.22. The van der Waals surface area contributed by atoms with Crippen LogP contribution in [0.15, 0.2) is 24.3 Å². The molecule has 1 aromatic carbocycles. The first kappa shape index (κ1) is 22.4. The molecule has 0 heterocycles. The Morgan fingerprint density at radius 1 is 1.04 bits per heavy atom. The number of carboxylic acid groups (broad SMARTS) is 1. The molecule has 0 saturated heterocycles. The summed E-state index contributed by atoms with van der Waals surface area (Å²) in [4.78, 5) is 35.9. The molecule has 0 aliphatic heterocycles. The topological polar surface area (TPSA) is 168 Å². The molecule has 0 unspecified atom stereocenters. The molecular formula is C18H28N4O5. The highest BCUT2D eigenvalue weighted by molar-refractivity contribution is 5.91. The lowest BCUT2D eigenvalue weighted by atomic mass is 10.0. The van der Waals surface area contributed by atoms with E-state index in [0.29, 0.717) is 31.4 Å². The molecule has 0 fully saturated rings. The summed E-state index contributed by atoms with van der Waals surface area (Å²) in [6.07, 6.45) is 1.64. The maximum atomic E-state index is 12.6. The number of carboxylic acids is 1. The highest BCUT2D eigenvalue weighted by Crippen LogP contribution is 2.12. The Bertz CT molecular complexity index is 633. The van der Waals surface area contributed by atoms with Crippen LogP contribution in [-0.4, -0.2) is 52.7 Å². The van der Waals surface area contributed by atoms with E-state index < -0.39 is 35.9 Å². The molecule has 8 N–H and O–H groups in total. The van der Waals surface area contributed by atoms with Crippen LogP contribution in [0, 0.1) is 0 Å². The van der Waals surface area contributed by atoms with Crippen molar-refractivity contribution in [1.29, 1.82) is 0 Å². The van der Waals surface area contributed by atoms with Crippen LogP contribution in [0.1, 0.15) is 31.7 Å². The van der Waals surface area contributed by atoms with E-state index in [9.17, 15) is 24.6 Å². The molecule has 1 aromatic rings. The number of benzene rings is 1. The van der Waals surface area contributed by atoms with E-state index in [1.54, 1.807) is 12.1 Å². The molecule has 27 heavy (non-hydrogen) atoms. The van der Waals surface area contributed by atoms with Crippen molar-refractivity contribution in [1.82, 2.24) is 10.6 Å². The van der Waals surface area contributed by atoms with Crippen LogP contribution in [0.3, 0.4) is 0 Å². The number of nitrogens with two attached hydrogens (primary N) is 2. The predicted octanol–water partition coefficient (Wildman–Crippen LogP) is -0.535. The van der Waals surface area contributed by atoms with Gasteiger partial charge in [0.25, 0.3) is 0 Å². The molecule has 9 nitrogen and oxygen atoms in total. The fourth-order valence-corrected chi connectivity index (χ4v) is 2.40. The maximum Gasteiger partial charge on any atom is 0.326 e. The molecule has 0 aliphatic carbocycles. The SMILES string of the molecule is C[C@H](N)C(=O)N[C@@H](CCCCN)C(=O)N[C@@H](Cc1ccc(O)cc1)C(=O)O. The Hall–Kier alpha value is -2.65. The van der Waals surface area contributed by atoms with E-state index in [0.717, 1.165) is 0 Å². The van der Waals surface area contributed by atoms with Crippen molar-refractivity contribution in [2.45, 2.75) is 50.7 Å². The number of rotatable bonds is 11. The molecule has 150 valence electrons. The number of carbonyl (C=O) groups excluding carboxylic acids is 2. The van der Waals surface area contributed by atoms with Crippen LogP contribution in [0.25, 0.3) is 0 Å². The minimum atomic E-state index is -1.20. The highest BCUT2D eigenvalue weighted by atomic mass is 16.4. The molecule has 2 amide bonds. The largest absolute Gasteiger partial charge is 0.508 e. The molecule has 1 rings (SSSR count). The smallest absolute Gasteiger partial charge is 0.326 e. The minimum absolute atomic E-state index is 0.0398. The minimum Gasteiger partial charge on any atom is -0.508 e. The zero-order valence-corrected chi connectivity index (χ0v) is 15.4. The van der Waals surface area contributed by atoms with Gasteiger partial charge in [-0.2, -0.15) is 0 Å². The van der Waals surface area contributed by atoms with Crippen molar-refractivity contribution in [2.24, 2.45) is 11.5 Å². The van der Waals surface area contributed by atoms with E-state index in [1.807, 2.05) is 0 Å². The third-order valence-corrected chi connectivity index (χ3v) is 3.98. The number of hydrogen-bond acceptors (Lipinski definition) is 6. The van der Waals surface area contributed by atoms with Gasteiger partial charge in [-0.15, -0.1) is 0 Å². The third-order valence-electron chi connectivity index (χ3n) is 3.98. The van der Waals surface area contributed by atoms with Gasteiger partial charge in [-0.05, 0) is 50.4 Å².